The number of carboxylic acids is 1. The van der Waals surface area contributed by atoms with Gasteiger partial charge in [-0.3, -0.25) is 4.79 Å². The summed E-state index contributed by atoms with van der Waals surface area (Å²) in [6, 6.07) is -0.102. The van der Waals surface area contributed by atoms with E-state index >= 15 is 0 Å². The molecule has 0 spiro atoms. The number of carboxylic acid groups (broad SMARTS) is 1. The van der Waals surface area contributed by atoms with Gasteiger partial charge >= 0.3 is 5.97 Å². The first-order chi connectivity index (χ1) is 7.91. The molecule has 2 heterocycles. The van der Waals surface area contributed by atoms with Crippen LogP contribution in [0.3, 0.4) is 0 Å². The van der Waals surface area contributed by atoms with E-state index in [4.69, 9.17) is 5.11 Å². The summed E-state index contributed by atoms with van der Waals surface area (Å²) in [6.45, 7) is 1.19. The quantitative estimate of drug-likeness (QED) is 0.599. The third kappa shape index (κ3) is 3.17. The fourth-order valence-electron chi connectivity index (χ4n) is 2.56. The third-order valence-corrected chi connectivity index (χ3v) is 5.21. The van der Waals surface area contributed by atoms with Crippen molar-refractivity contribution in [1.29, 1.82) is 0 Å². The summed E-state index contributed by atoms with van der Waals surface area (Å²) in [6.07, 6.45) is 1.51. The minimum absolute atomic E-state index is 0.0382. The van der Waals surface area contributed by atoms with Gasteiger partial charge in [0.05, 0.1) is 23.5 Å². The van der Waals surface area contributed by atoms with Crippen LogP contribution in [0.2, 0.25) is 0 Å². The molecular formula is C10H18N2O4S. The van der Waals surface area contributed by atoms with Gasteiger partial charge in [0.2, 0.25) is 0 Å². The van der Waals surface area contributed by atoms with Crippen molar-refractivity contribution < 1.29 is 18.3 Å². The number of hydrogen-bond donors (Lipinski definition) is 3. The largest absolute Gasteiger partial charge is 0.481 e. The van der Waals surface area contributed by atoms with Gasteiger partial charge in [-0.05, 0) is 12.8 Å². The van der Waals surface area contributed by atoms with E-state index in [0.717, 1.165) is 6.42 Å². The zero-order valence-electron chi connectivity index (χ0n) is 9.61. The second-order valence-electron chi connectivity index (χ2n) is 5.05. The fourth-order valence-corrected chi connectivity index (χ4v) is 4.20. The molecule has 1 unspecified atom stereocenters. The van der Waals surface area contributed by atoms with E-state index in [2.05, 4.69) is 10.6 Å². The molecule has 0 radical (unpaired) electrons. The normalized spacial score (nSPS) is 30.5. The van der Waals surface area contributed by atoms with E-state index in [1.54, 1.807) is 0 Å². The molecule has 0 amide bonds. The summed E-state index contributed by atoms with van der Waals surface area (Å²) in [5, 5.41) is 15.1. The molecule has 6 nitrogen and oxygen atoms in total. The Morgan fingerprint density at radius 2 is 2.18 bits per heavy atom. The standard InChI is InChI=1S/C10H18N2O4S/c13-9(14)4-10(6-11-7-10)12-8-2-1-3-17(15,16)5-8/h8,11-12H,1-7H2,(H,13,14). The highest BCUT2D eigenvalue weighted by molar-refractivity contribution is 7.91. The molecule has 2 saturated heterocycles. The highest BCUT2D eigenvalue weighted by Crippen LogP contribution is 2.21. The lowest BCUT2D eigenvalue weighted by atomic mass is 9.87. The average molecular weight is 262 g/mol. The zero-order valence-corrected chi connectivity index (χ0v) is 10.4. The molecule has 0 saturated carbocycles. The van der Waals surface area contributed by atoms with Gasteiger partial charge in [0.25, 0.3) is 0 Å². The van der Waals surface area contributed by atoms with Crippen LogP contribution in [0.5, 0.6) is 0 Å². The van der Waals surface area contributed by atoms with Crippen LogP contribution in [-0.4, -0.2) is 55.7 Å². The van der Waals surface area contributed by atoms with Crippen LogP contribution in [-0.2, 0) is 14.6 Å². The van der Waals surface area contributed by atoms with Gasteiger partial charge < -0.3 is 15.7 Å². The van der Waals surface area contributed by atoms with Gasteiger partial charge in [0.1, 0.15) is 0 Å². The van der Waals surface area contributed by atoms with E-state index < -0.39 is 21.3 Å². The van der Waals surface area contributed by atoms with Gasteiger partial charge in [-0.25, -0.2) is 8.42 Å². The van der Waals surface area contributed by atoms with Crippen molar-refractivity contribution in [3.63, 3.8) is 0 Å². The number of hydrogen-bond acceptors (Lipinski definition) is 5. The fraction of sp³-hybridized carbons (Fsp3) is 0.900. The van der Waals surface area contributed by atoms with Crippen molar-refractivity contribution in [1.82, 2.24) is 10.6 Å². The summed E-state index contributed by atoms with van der Waals surface area (Å²) in [5.41, 5.74) is -0.455. The van der Waals surface area contributed by atoms with E-state index in [1.807, 2.05) is 0 Å². The summed E-state index contributed by atoms with van der Waals surface area (Å²) in [4.78, 5) is 10.8. The molecule has 98 valence electrons. The molecule has 7 heteroatoms. The smallest absolute Gasteiger partial charge is 0.305 e. The molecule has 2 rings (SSSR count). The Balaban J connectivity index is 1.97. The van der Waals surface area contributed by atoms with Crippen LogP contribution in [0, 0.1) is 0 Å². The van der Waals surface area contributed by atoms with Crippen LogP contribution in [0.4, 0.5) is 0 Å². The molecule has 3 N–H and O–H groups in total. The van der Waals surface area contributed by atoms with Crippen molar-refractivity contribution in [3.8, 4) is 0 Å². The molecule has 17 heavy (non-hydrogen) atoms. The maximum absolute atomic E-state index is 11.5. The van der Waals surface area contributed by atoms with Crippen molar-refractivity contribution in [3.05, 3.63) is 0 Å². The summed E-state index contributed by atoms with van der Waals surface area (Å²) >= 11 is 0. The lowest BCUT2D eigenvalue weighted by Crippen LogP contribution is -2.71. The third-order valence-electron chi connectivity index (χ3n) is 3.39. The van der Waals surface area contributed by atoms with Crippen LogP contribution >= 0.6 is 0 Å². The highest BCUT2D eigenvalue weighted by atomic mass is 32.2. The van der Waals surface area contributed by atoms with Crippen LogP contribution < -0.4 is 10.6 Å². The predicted octanol–water partition coefficient (Wildman–Crippen LogP) is -1.03. The Kier molecular flexibility index (Phi) is 3.42. The van der Waals surface area contributed by atoms with E-state index in [-0.39, 0.29) is 24.0 Å². The van der Waals surface area contributed by atoms with E-state index in [0.29, 0.717) is 19.5 Å². The SMILES string of the molecule is O=C(O)CC1(NC2CCCS(=O)(=O)C2)CNC1. The number of carbonyl (C=O) groups is 1. The molecule has 2 aliphatic heterocycles. The Hall–Kier alpha value is -0.660. The first-order valence-electron chi connectivity index (χ1n) is 5.81. The Morgan fingerprint density at radius 3 is 2.65 bits per heavy atom. The highest BCUT2D eigenvalue weighted by Gasteiger charge is 2.41. The second-order valence-corrected chi connectivity index (χ2v) is 7.28. The zero-order chi connectivity index (χ0) is 12.5. The number of nitrogens with one attached hydrogen (secondary N) is 2. The molecule has 0 aromatic rings. The van der Waals surface area contributed by atoms with Crippen LogP contribution in [0.1, 0.15) is 19.3 Å². The monoisotopic (exact) mass is 262 g/mol. The lowest BCUT2D eigenvalue weighted by Gasteiger charge is -2.45. The number of rotatable bonds is 4. The number of aliphatic carboxylic acids is 1. The van der Waals surface area contributed by atoms with Gasteiger partial charge in [0, 0.05) is 19.1 Å². The molecule has 0 aromatic carbocycles. The molecule has 1 atom stereocenters. The van der Waals surface area contributed by atoms with Gasteiger partial charge in [-0.2, -0.15) is 0 Å². The summed E-state index contributed by atoms with van der Waals surface area (Å²) in [5.74, 6) is -0.457. The topological polar surface area (TPSA) is 95.5 Å². The summed E-state index contributed by atoms with van der Waals surface area (Å²) < 4.78 is 23.0. The Bertz CT molecular complexity index is 403. The Labute approximate surface area is 101 Å². The average Bonchev–Trinajstić information content (AvgIpc) is 2.11. The maximum atomic E-state index is 11.5. The van der Waals surface area contributed by atoms with Crippen molar-refractivity contribution in [2.75, 3.05) is 24.6 Å². The minimum atomic E-state index is -2.95. The van der Waals surface area contributed by atoms with E-state index in [9.17, 15) is 13.2 Å². The first-order valence-corrected chi connectivity index (χ1v) is 7.64. The number of sulfone groups is 1. The van der Waals surface area contributed by atoms with Gasteiger partial charge in [-0.1, -0.05) is 0 Å². The molecule has 0 bridgehead atoms. The van der Waals surface area contributed by atoms with Crippen molar-refractivity contribution in [2.45, 2.75) is 30.8 Å². The lowest BCUT2D eigenvalue weighted by molar-refractivity contribution is -0.139. The van der Waals surface area contributed by atoms with Crippen LogP contribution in [0.15, 0.2) is 0 Å². The summed E-state index contributed by atoms with van der Waals surface area (Å²) in [7, 11) is -2.95. The van der Waals surface area contributed by atoms with E-state index in [1.165, 1.54) is 0 Å². The van der Waals surface area contributed by atoms with Crippen molar-refractivity contribution >= 4 is 15.8 Å². The maximum Gasteiger partial charge on any atom is 0.305 e. The van der Waals surface area contributed by atoms with Crippen molar-refractivity contribution in [2.24, 2.45) is 0 Å². The van der Waals surface area contributed by atoms with Gasteiger partial charge in [-0.15, -0.1) is 0 Å². The molecule has 0 aromatic heterocycles. The predicted molar refractivity (Wildman–Crippen MR) is 62.7 cm³/mol. The van der Waals surface area contributed by atoms with Gasteiger partial charge in [0.15, 0.2) is 9.84 Å². The molecule has 2 aliphatic rings. The molecule has 2 fully saturated rings. The Morgan fingerprint density at radius 1 is 1.47 bits per heavy atom. The molecule has 0 aliphatic carbocycles. The minimum Gasteiger partial charge on any atom is -0.481 e. The van der Waals surface area contributed by atoms with Crippen LogP contribution in [0.25, 0.3) is 0 Å². The first kappa shape index (κ1) is 12.8. The second kappa shape index (κ2) is 4.55. The molecular weight excluding hydrogens is 244 g/mol.